The number of nitrogens with zero attached hydrogens (tertiary/aromatic N) is 1. The van der Waals surface area contributed by atoms with Gasteiger partial charge in [-0.1, -0.05) is 6.07 Å². The highest BCUT2D eigenvalue weighted by Gasteiger charge is 2.26. The van der Waals surface area contributed by atoms with Crippen molar-refractivity contribution in [1.29, 1.82) is 0 Å². The summed E-state index contributed by atoms with van der Waals surface area (Å²) in [6.07, 6.45) is 0. The average Bonchev–Trinajstić information content (AvgIpc) is 2.63. The van der Waals surface area contributed by atoms with Crippen molar-refractivity contribution in [2.45, 2.75) is 4.90 Å². The quantitative estimate of drug-likeness (QED) is 0.494. The van der Waals surface area contributed by atoms with Gasteiger partial charge in [-0.25, -0.2) is 8.42 Å². The Hall–Kier alpha value is -1.27. The van der Waals surface area contributed by atoms with E-state index in [0.29, 0.717) is 37.1 Å². The lowest BCUT2D eigenvalue weighted by Crippen LogP contribution is -2.40. The summed E-state index contributed by atoms with van der Waals surface area (Å²) in [6, 6.07) is 14.4. The summed E-state index contributed by atoms with van der Waals surface area (Å²) in [5, 5.41) is 6.60. The van der Waals surface area contributed by atoms with Crippen molar-refractivity contribution in [2.24, 2.45) is 0 Å². The van der Waals surface area contributed by atoms with Gasteiger partial charge in [0.15, 0.2) is 5.11 Å². The number of thiocarbonyl (C=S) groups is 1. The molecular formula is C17H18IN3O3S2. The number of anilines is 2. The summed E-state index contributed by atoms with van der Waals surface area (Å²) in [5.74, 6) is 0. The van der Waals surface area contributed by atoms with Crippen molar-refractivity contribution in [3.8, 4) is 0 Å². The molecule has 138 valence electrons. The molecule has 2 aromatic carbocycles. The van der Waals surface area contributed by atoms with E-state index < -0.39 is 10.0 Å². The molecule has 0 aromatic heterocycles. The van der Waals surface area contributed by atoms with Crippen LogP contribution in [0.25, 0.3) is 0 Å². The van der Waals surface area contributed by atoms with Gasteiger partial charge >= 0.3 is 0 Å². The lowest BCUT2D eigenvalue weighted by molar-refractivity contribution is 0.0730. The van der Waals surface area contributed by atoms with Crippen LogP contribution in [-0.4, -0.2) is 44.1 Å². The van der Waals surface area contributed by atoms with Gasteiger partial charge in [0.2, 0.25) is 10.0 Å². The number of hydrogen-bond acceptors (Lipinski definition) is 4. The van der Waals surface area contributed by atoms with E-state index in [1.165, 1.54) is 4.31 Å². The van der Waals surface area contributed by atoms with Crippen molar-refractivity contribution in [2.75, 3.05) is 36.9 Å². The van der Waals surface area contributed by atoms with Crippen LogP contribution < -0.4 is 10.6 Å². The molecule has 0 atom stereocenters. The molecule has 0 amide bonds. The summed E-state index contributed by atoms with van der Waals surface area (Å²) in [7, 11) is -3.48. The summed E-state index contributed by atoms with van der Waals surface area (Å²) >= 11 is 7.54. The van der Waals surface area contributed by atoms with Gasteiger partial charge in [0.25, 0.3) is 0 Å². The smallest absolute Gasteiger partial charge is 0.243 e. The molecule has 2 aromatic rings. The highest BCUT2D eigenvalue weighted by molar-refractivity contribution is 14.1. The molecule has 3 rings (SSSR count). The predicted molar refractivity (Wildman–Crippen MR) is 115 cm³/mol. The van der Waals surface area contributed by atoms with E-state index in [4.69, 9.17) is 17.0 Å². The lowest BCUT2D eigenvalue weighted by atomic mass is 10.3. The van der Waals surface area contributed by atoms with Crippen LogP contribution in [0.2, 0.25) is 0 Å². The Morgan fingerprint density at radius 1 is 1.04 bits per heavy atom. The standard InChI is InChI=1S/C17H18IN3O3S2/c18-13-2-1-3-15(12-13)20-17(25)19-14-4-6-16(7-5-14)26(22,23)21-8-10-24-11-9-21/h1-7,12H,8-11H2,(H2,19,20,25). The van der Waals surface area contributed by atoms with Crippen molar-refractivity contribution in [1.82, 2.24) is 4.31 Å². The number of nitrogens with one attached hydrogen (secondary N) is 2. The van der Waals surface area contributed by atoms with Crippen molar-refractivity contribution in [3.05, 3.63) is 52.1 Å². The van der Waals surface area contributed by atoms with Crippen LogP contribution in [0, 0.1) is 3.57 Å². The maximum atomic E-state index is 12.6. The molecule has 9 heteroatoms. The minimum atomic E-state index is -3.48. The van der Waals surface area contributed by atoms with Gasteiger partial charge < -0.3 is 15.4 Å². The van der Waals surface area contributed by atoms with Gasteiger partial charge in [-0.05, 0) is 77.3 Å². The second-order valence-corrected chi connectivity index (χ2v) is 9.22. The van der Waals surface area contributed by atoms with Crippen LogP contribution in [0.15, 0.2) is 53.4 Å². The fourth-order valence-corrected chi connectivity index (χ4v) is 4.69. The van der Waals surface area contributed by atoms with Crippen LogP contribution in [-0.2, 0) is 14.8 Å². The Balaban J connectivity index is 1.64. The van der Waals surface area contributed by atoms with Gasteiger partial charge in [-0.3, -0.25) is 0 Å². The molecule has 1 fully saturated rings. The fourth-order valence-electron chi connectivity index (χ4n) is 2.51. The molecule has 1 aliphatic heterocycles. The molecule has 6 nitrogen and oxygen atoms in total. The van der Waals surface area contributed by atoms with Gasteiger partial charge in [-0.2, -0.15) is 4.31 Å². The zero-order valence-corrected chi connectivity index (χ0v) is 17.6. The fraction of sp³-hybridized carbons (Fsp3) is 0.235. The molecule has 0 aliphatic carbocycles. The minimum Gasteiger partial charge on any atom is -0.379 e. The Labute approximate surface area is 172 Å². The van der Waals surface area contributed by atoms with E-state index in [1.54, 1.807) is 24.3 Å². The first-order chi connectivity index (χ1) is 12.4. The topological polar surface area (TPSA) is 70.7 Å². The third-order valence-electron chi connectivity index (χ3n) is 3.80. The zero-order valence-electron chi connectivity index (χ0n) is 13.8. The van der Waals surface area contributed by atoms with E-state index in [9.17, 15) is 8.42 Å². The lowest BCUT2D eigenvalue weighted by Gasteiger charge is -2.26. The van der Waals surface area contributed by atoms with E-state index >= 15 is 0 Å². The molecule has 0 saturated carbocycles. The average molecular weight is 503 g/mol. The number of sulfonamides is 1. The van der Waals surface area contributed by atoms with Crippen LogP contribution >= 0.6 is 34.8 Å². The summed E-state index contributed by atoms with van der Waals surface area (Å²) in [6.45, 7) is 1.62. The summed E-state index contributed by atoms with van der Waals surface area (Å²) in [5.41, 5.74) is 1.61. The number of halogens is 1. The molecule has 1 saturated heterocycles. The first kappa shape index (κ1) is 19.5. The van der Waals surface area contributed by atoms with Crippen LogP contribution in [0.5, 0.6) is 0 Å². The monoisotopic (exact) mass is 503 g/mol. The highest BCUT2D eigenvalue weighted by Crippen LogP contribution is 2.20. The highest BCUT2D eigenvalue weighted by atomic mass is 127. The Bertz CT molecular complexity index is 882. The molecule has 2 N–H and O–H groups in total. The molecular weight excluding hydrogens is 485 g/mol. The second-order valence-electron chi connectivity index (χ2n) is 5.63. The zero-order chi connectivity index (χ0) is 18.6. The molecule has 1 aliphatic rings. The Kier molecular flexibility index (Phi) is 6.46. The third kappa shape index (κ3) is 4.92. The minimum absolute atomic E-state index is 0.265. The van der Waals surface area contributed by atoms with Gasteiger partial charge in [-0.15, -0.1) is 0 Å². The molecule has 0 unspecified atom stereocenters. The molecule has 1 heterocycles. The molecule has 0 radical (unpaired) electrons. The number of rotatable bonds is 4. The van der Waals surface area contributed by atoms with E-state index in [2.05, 4.69) is 33.2 Å². The van der Waals surface area contributed by atoms with E-state index in [-0.39, 0.29) is 4.90 Å². The van der Waals surface area contributed by atoms with E-state index in [1.807, 2.05) is 24.3 Å². The number of morpholine rings is 1. The van der Waals surface area contributed by atoms with Gasteiger partial charge in [0, 0.05) is 28.0 Å². The van der Waals surface area contributed by atoms with Crippen molar-refractivity contribution in [3.63, 3.8) is 0 Å². The first-order valence-electron chi connectivity index (χ1n) is 7.97. The maximum Gasteiger partial charge on any atom is 0.243 e. The molecule has 0 bridgehead atoms. The largest absolute Gasteiger partial charge is 0.379 e. The SMILES string of the molecule is O=S(=O)(c1ccc(NC(=S)Nc2cccc(I)c2)cc1)N1CCOCC1. The third-order valence-corrected chi connectivity index (χ3v) is 6.59. The molecule has 26 heavy (non-hydrogen) atoms. The number of ether oxygens (including phenoxy) is 1. The maximum absolute atomic E-state index is 12.6. The normalized spacial score (nSPS) is 15.4. The van der Waals surface area contributed by atoms with Crippen molar-refractivity contribution >= 4 is 61.3 Å². The van der Waals surface area contributed by atoms with Crippen molar-refractivity contribution < 1.29 is 13.2 Å². The van der Waals surface area contributed by atoms with Gasteiger partial charge in [0.1, 0.15) is 0 Å². The second kappa shape index (κ2) is 8.61. The Morgan fingerprint density at radius 2 is 1.69 bits per heavy atom. The predicted octanol–water partition coefficient (Wildman–Crippen LogP) is 3.12. The number of hydrogen-bond donors (Lipinski definition) is 2. The van der Waals surface area contributed by atoms with Crippen LogP contribution in [0.1, 0.15) is 0 Å². The van der Waals surface area contributed by atoms with E-state index in [0.717, 1.165) is 9.26 Å². The van der Waals surface area contributed by atoms with Crippen LogP contribution in [0.3, 0.4) is 0 Å². The molecule has 0 spiro atoms. The van der Waals surface area contributed by atoms with Gasteiger partial charge in [0.05, 0.1) is 18.1 Å². The van der Waals surface area contributed by atoms with Crippen LogP contribution in [0.4, 0.5) is 11.4 Å². The first-order valence-corrected chi connectivity index (χ1v) is 10.9. The Morgan fingerprint density at radius 3 is 2.35 bits per heavy atom. The summed E-state index contributed by atoms with van der Waals surface area (Å²) in [4.78, 5) is 0.265. The summed E-state index contributed by atoms with van der Waals surface area (Å²) < 4.78 is 33.0. The number of benzene rings is 2.